The number of aryl methyl sites for hydroxylation is 1. The van der Waals surface area contributed by atoms with Crippen LogP contribution in [0.25, 0.3) is 10.9 Å². The Morgan fingerprint density at radius 3 is 2.15 bits per heavy atom. The van der Waals surface area contributed by atoms with Crippen molar-refractivity contribution in [1.82, 2.24) is 14.7 Å². The number of carbonyl (C=O) groups is 2. The summed E-state index contributed by atoms with van der Waals surface area (Å²) in [7, 11) is 1.29. The zero-order valence-corrected chi connectivity index (χ0v) is 27.1. The fourth-order valence-electron chi connectivity index (χ4n) is 5.16. The van der Waals surface area contributed by atoms with Gasteiger partial charge in [0.1, 0.15) is 11.1 Å². The predicted octanol–water partition coefficient (Wildman–Crippen LogP) is 6.25. The Bertz CT molecular complexity index is 1250. The number of aromatic nitrogens is 2. The molecule has 1 aromatic carbocycles. The van der Waals surface area contributed by atoms with Gasteiger partial charge in [-0.05, 0) is 76.7 Å². The highest BCUT2D eigenvalue weighted by molar-refractivity contribution is 6.74. The molecule has 2 aliphatic rings. The summed E-state index contributed by atoms with van der Waals surface area (Å²) in [6.45, 7) is 18.9. The highest BCUT2D eigenvalue weighted by atomic mass is 28.4. The van der Waals surface area contributed by atoms with Crippen LogP contribution in [0.1, 0.15) is 83.3 Å². The molecule has 0 radical (unpaired) electrons. The molecule has 1 aliphatic heterocycles. The summed E-state index contributed by atoms with van der Waals surface area (Å²) in [6.07, 6.45) is 3.60. The van der Waals surface area contributed by atoms with Gasteiger partial charge < -0.3 is 23.7 Å². The Labute approximate surface area is 240 Å². The molecule has 2 fully saturated rings. The Balaban J connectivity index is 1.63. The monoisotopic (exact) mass is 572 g/mol. The van der Waals surface area contributed by atoms with Crippen LogP contribution < -0.4 is 4.90 Å². The van der Waals surface area contributed by atoms with Crippen molar-refractivity contribution in [3.63, 3.8) is 0 Å². The number of hydrogen-bond donors (Lipinski definition) is 0. The molecule has 0 unspecified atom stereocenters. The van der Waals surface area contributed by atoms with E-state index in [-0.39, 0.29) is 23.2 Å². The lowest BCUT2D eigenvalue weighted by Gasteiger charge is -2.40. The number of anilines is 1. The van der Waals surface area contributed by atoms with E-state index < -0.39 is 19.9 Å². The number of carbonyl (C=O) groups excluding carboxylic acids is 2. The Morgan fingerprint density at radius 2 is 1.62 bits per heavy atom. The summed E-state index contributed by atoms with van der Waals surface area (Å²) in [5.41, 5.74) is 2.57. The van der Waals surface area contributed by atoms with E-state index in [1.54, 1.807) is 0 Å². The van der Waals surface area contributed by atoms with Crippen LogP contribution in [0.4, 0.5) is 10.5 Å². The summed E-state index contributed by atoms with van der Waals surface area (Å²) in [5.74, 6) is -0.400. The number of piperidine rings is 1. The summed E-state index contributed by atoms with van der Waals surface area (Å²) >= 11 is 0. The second-order valence-electron chi connectivity index (χ2n) is 13.8. The third kappa shape index (κ3) is 6.32. The van der Waals surface area contributed by atoms with Crippen LogP contribution in [0.2, 0.25) is 18.1 Å². The van der Waals surface area contributed by atoms with Crippen LogP contribution in [0.5, 0.6) is 0 Å². The number of esters is 1. The zero-order valence-electron chi connectivity index (χ0n) is 26.1. The molecular weight excluding hydrogens is 524 g/mol. The maximum atomic E-state index is 13.1. The molecule has 0 bridgehead atoms. The van der Waals surface area contributed by atoms with Crippen molar-refractivity contribution in [2.45, 2.75) is 110 Å². The summed E-state index contributed by atoms with van der Waals surface area (Å²) < 4.78 is 19.3. The van der Waals surface area contributed by atoms with Crippen molar-refractivity contribution < 1.29 is 23.5 Å². The minimum Gasteiger partial charge on any atom is -0.465 e. The minimum atomic E-state index is -2.02. The molecule has 40 heavy (non-hydrogen) atoms. The van der Waals surface area contributed by atoms with Gasteiger partial charge in [-0.2, -0.15) is 5.10 Å². The molecule has 1 saturated carbocycles. The molecular formula is C30H48N4O5Si. The van der Waals surface area contributed by atoms with E-state index in [2.05, 4.69) is 38.8 Å². The van der Waals surface area contributed by atoms with E-state index in [0.717, 1.165) is 55.5 Å². The van der Waals surface area contributed by atoms with Gasteiger partial charge in [0.15, 0.2) is 8.32 Å². The molecule has 1 saturated heterocycles. The molecule has 0 N–H and O–H groups in total. The molecule has 1 aliphatic carbocycles. The molecule has 2 heterocycles. The Kier molecular flexibility index (Phi) is 8.35. The van der Waals surface area contributed by atoms with Crippen LogP contribution >= 0.6 is 0 Å². The smallest absolute Gasteiger partial charge is 0.410 e. The number of benzene rings is 1. The highest BCUT2D eigenvalue weighted by Gasteiger charge is 2.41. The molecule has 0 atom stereocenters. The first kappa shape index (κ1) is 30.4. The van der Waals surface area contributed by atoms with Gasteiger partial charge in [-0.15, -0.1) is 0 Å². The van der Waals surface area contributed by atoms with E-state index in [4.69, 9.17) is 19.0 Å². The van der Waals surface area contributed by atoms with Crippen molar-refractivity contribution in [1.29, 1.82) is 0 Å². The number of methoxy groups -OCH3 is 1. The van der Waals surface area contributed by atoms with E-state index in [1.807, 2.05) is 49.5 Å². The second-order valence-corrected chi connectivity index (χ2v) is 18.6. The average Bonchev–Trinajstić information content (AvgIpc) is 3.62. The minimum absolute atomic E-state index is 0.0743. The van der Waals surface area contributed by atoms with E-state index in [9.17, 15) is 9.59 Å². The standard InChI is InChI=1S/C30H48N4O5Si/c1-29(2,3)39-28(36)34(20-11-12-20)21-15-17-33(18-16-21)23-14-13-22(27(35)37-8)26-25(23)24(32(7)31-26)19-38-40(9,10)30(4,5)6/h13-14,20-21H,11-12,15-19H2,1-10H3. The maximum Gasteiger partial charge on any atom is 0.410 e. The lowest BCUT2D eigenvalue weighted by Crippen LogP contribution is -2.50. The van der Waals surface area contributed by atoms with E-state index in [1.165, 1.54) is 7.11 Å². The zero-order chi connectivity index (χ0) is 29.6. The largest absolute Gasteiger partial charge is 0.465 e. The summed E-state index contributed by atoms with van der Waals surface area (Å²) in [5, 5.41) is 5.80. The maximum absolute atomic E-state index is 13.1. The quantitative estimate of drug-likeness (QED) is 0.286. The lowest BCUT2D eigenvalue weighted by molar-refractivity contribution is 0.0113. The summed E-state index contributed by atoms with van der Waals surface area (Å²) in [6, 6.07) is 4.27. The van der Waals surface area contributed by atoms with Crippen molar-refractivity contribution in [2.75, 3.05) is 25.1 Å². The fraction of sp³-hybridized carbons (Fsp3) is 0.700. The van der Waals surface area contributed by atoms with Crippen molar-refractivity contribution >= 4 is 37.0 Å². The van der Waals surface area contributed by atoms with Crippen molar-refractivity contribution in [3.8, 4) is 0 Å². The Hall–Kier alpha value is -2.59. The Morgan fingerprint density at radius 1 is 1.02 bits per heavy atom. The summed E-state index contributed by atoms with van der Waals surface area (Å²) in [4.78, 5) is 30.1. The van der Waals surface area contributed by atoms with Gasteiger partial charge in [0.05, 0.1) is 25.0 Å². The molecule has 1 aromatic heterocycles. The van der Waals surface area contributed by atoms with Crippen LogP contribution in [0.15, 0.2) is 12.1 Å². The van der Waals surface area contributed by atoms with Gasteiger partial charge in [0.25, 0.3) is 0 Å². The molecule has 2 aromatic rings. The SMILES string of the molecule is COC(=O)c1ccc(N2CCC(N(C(=O)OC(C)(C)C)C3CC3)CC2)c2c(CO[Si](C)(C)C(C)(C)C)n(C)nc12. The molecule has 4 rings (SSSR count). The molecule has 10 heteroatoms. The highest BCUT2D eigenvalue weighted by Crippen LogP contribution is 2.40. The fourth-order valence-corrected chi connectivity index (χ4v) is 6.09. The number of fused-ring (bicyclic) bond motifs is 1. The molecule has 0 spiro atoms. The number of hydrogen-bond acceptors (Lipinski definition) is 7. The van der Waals surface area contributed by atoms with Crippen LogP contribution in [-0.2, 0) is 27.6 Å². The van der Waals surface area contributed by atoms with Crippen molar-refractivity contribution in [2.24, 2.45) is 7.05 Å². The lowest BCUT2D eigenvalue weighted by atomic mass is 10.00. The van der Waals surface area contributed by atoms with Gasteiger partial charge in [-0.1, -0.05) is 20.8 Å². The number of rotatable bonds is 7. The van der Waals surface area contributed by atoms with Gasteiger partial charge in [0, 0.05) is 43.3 Å². The first-order valence-electron chi connectivity index (χ1n) is 14.5. The first-order chi connectivity index (χ1) is 18.5. The van der Waals surface area contributed by atoms with Crippen LogP contribution in [-0.4, -0.2) is 72.9 Å². The number of amides is 1. The average molecular weight is 573 g/mol. The molecule has 9 nitrogen and oxygen atoms in total. The van der Waals surface area contributed by atoms with E-state index >= 15 is 0 Å². The van der Waals surface area contributed by atoms with Crippen LogP contribution in [0.3, 0.4) is 0 Å². The molecule has 222 valence electrons. The van der Waals surface area contributed by atoms with Crippen LogP contribution in [0, 0.1) is 0 Å². The normalized spacial score (nSPS) is 17.3. The van der Waals surface area contributed by atoms with Gasteiger partial charge in [0.2, 0.25) is 0 Å². The first-order valence-corrected chi connectivity index (χ1v) is 17.4. The van der Waals surface area contributed by atoms with Crippen molar-refractivity contribution in [3.05, 3.63) is 23.4 Å². The number of nitrogens with zero attached hydrogens (tertiary/aromatic N) is 4. The number of ether oxygens (including phenoxy) is 2. The molecule has 1 amide bonds. The van der Waals surface area contributed by atoms with Gasteiger partial charge in [-0.3, -0.25) is 4.68 Å². The second kappa shape index (κ2) is 11.0. The van der Waals surface area contributed by atoms with E-state index in [0.29, 0.717) is 17.7 Å². The topological polar surface area (TPSA) is 86.1 Å². The predicted molar refractivity (Wildman–Crippen MR) is 160 cm³/mol. The third-order valence-electron chi connectivity index (χ3n) is 8.61. The van der Waals surface area contributed by atoms with Gasteiger partial charge >= 0.3 is 12.1 Å². The van der Waals surface area contributed by atoms with Gasteiger partial charge in [-0.25, -0.2) is 9.59 Å². The third-order valence-corrected chi connectivity index (χ3v) is 13.1.